The smallest absolute Gasteiger partial charge is 0.306 e. The van der Waals surface area contributed by atoms with Crippen molar-refractivity contribution in [2.24, 2.45) is 17.8 Å². The highest BCUT2D eigenvalue weighted by molar-refractivity contribution is 5.71. The van der Waals surface area contributed by atoms with E-state index in [0.717, 1.165) is 75.5 Å². The van der Waals surface area contributed by atoms with Crippen LogP contribution in [0.25, 0.3) is 0 Å². The van der Waals surface area contributed by atoms with Crippen LogP contribution >= 0.6 is 0 Å². The van der Waals surface area contributed by atoms with Gasteiger partial charge in [0.2, 0.25) is 0 Å². The summed E-state index contributed by atoms with van der Waals surface area (Å²) in [4.78, 5) is 37.8. The molecule has 0 amide bonds. The van der Waals surface area contributed by atoms with E-state index in [-0.39, 0.29) is 31.1 Å². The molecule has 0 unspecified atom stereocenters. The van der Waals surface area contributed by atoms with Gasteiger partial charge in [0.25, 0.3) is 0 Å². The van der Waals surface area contributed by atoms with Crippen LogP contribution in [0.5, 0.6) is 0 Å². The Morgan fingerprint density at radius 3 is 0.782 bits per heavy atom. The van der Waals surface area contributed by atoms with Crippen molar-refractivity contribution in [2.75, 3.05) is 13.2 Å². The number of ether oxygens (including phenoxy) is 3. The fraction of sp³-hybridized carbons (Fsp3) is 0.939. The Morgan fingerprint density at radius 1 is 0.309 bits per heavy atom. The molecule has 0 saturated heterocycles. The zero-order valence-corrected chi connectivity index (χ0v) is 37.7. The number of hydrogen-bond acceptors (Lipinski definition) is 6. The van der Waals surface area contributed by atoms with Crippen LogP contribution in [0, 0.1) is 17.8 Å². The predicted octanol–water partition coefficient (Wildman–Crippen LogP) is 15.2. The number of unbranched alkanes of at least 4 members (excludes halogenated alkanes) is 25. The summed E-state index contributed by atoms with van der Waals surface area (Å²) in [6.45, 7) is 13.6. The molecule has 55 heavy (non-hydrogen) atoms. The molecule has 0 aromatic carbocycles. The first-order valence-corrected chi connectivity index (χ1v) is 24.1. The van der Waals surface area contributed by atoms with Crippen molar-refractivity contribution in [1.82, 2.24) is 0 Å². The van der Waals surface area contributed by atoms with Gasteiger partial charge >= 0.3 is 17.9 Å². The van der Waals surface area contributed by atoms with Crippen molar-refractivity contribution in [3.8, 4) is 0 Å². The molecule has 0 saturated carbocycles. The summed E-state index contributed by atoms with van der Waals surface area (Å²) in [7, 11) is 0. The highest BCUT2D eigenvalue weighted by Gasteiger charge is 2.19. The first kappa shape index (κ1) is 53.4. The monoisotopic (exact) mass is 779 g/mol. The van der Waals surface area contributed by atoms with Crippen LogP contribution in [0.3, 0.4) is 0 Å². The number of esters is 3. The van der Waals surface area contributed by atoms with Crippen molar-refractivity contribution >= 4 is 17.9 Å². The van der Waals surface area contributed by atoms with Crippen LogP contribution in [0.15, 0.2) is 0 Å². The number of hydrogen-bond donors (Lipinski definition) is 0. The van der Waals surface area contributed by atoms with Gasteiger partial charge in [0.1, 0.15) is 13.2 Å². The molecule has 1 atom stereocenters. The first-order chi connectivity index (χ1) is 26.6. The van der Waals surface area contributed by atoms with Gasteiger partial charge in [0.05, 0.1) is 0 Å². The zero-order chi connectivity index (χ0) is 40.6. The van der Waals surface area contributed by atoms with Crippen LogP contribution < -0.4 is 0 Å². The maximum absolute atomic E-state index is 12.7. The topological polar surface area (TPSA) is 78.9 Å². The Hall–Kier alpha value is -1.59. The van der Waals surface area contributed by atoms with Crippen LogP contribution in [-0.2, 0) is 28.6 Å². The van der Waals surface area contributed by atoms with Gasteiger partial charge in [-0.3, -0.25) is 14.4 Å². The lowest BCUT2D eigenvalue weighted by Crippen LogP contribution is -2.30. The Morgan fingerprint density at radius 2 is 0.527 bits per heavy atom. The van der Waals surface area contributed by atoms with Crippen LogP contribution in [0.2, 0.25) is 0 Å². The van der Waals surface area contributed by atoms with Gasteiger partial charge in [-0.2, -0.15) is 0 Å². The summed E-state index contributed by atoms with van der Waals surface area (Å²) in [5, 5.41) is 0. The van der Waals surface area contributed by atoms with E-state index in [1.165, 1.54) is 141 Å². The van der Waals surface area contributed by atoms with Gasteiger partial charge in [0, 0.05) is 19.3 Å². The highest BCUT2D eigenvalue weighted by Crippen LogP contribution is 2.17. The Labute approximate surface area is 342 Å². The van der Waals surface area contributed by atoms with Crippen molar-refractivity contribution in [3.63, 3.8) is 0 Å². The summed E-state index contributed by atoms with van der Waals surface area (Å²) in [5.74, 6) is 1.56. The second kappa shape index (κ2) is 40.6. The van der Waals surface area contributed by atoms with E-state index in [9.17, 15) is 14.4 Å². The molecule has 326 valence electrons. The Kier molecular flexibility index (Phi) is 39.4. The van der Waals surface area contributed by atoms with Gasteiger partial charge in [-0.1, -0.05) is 221 Å². The normalized spacial score (nSPS) is 12.2. The molecule has 0 aromatic heterocycles. The van der Waals surface area contributed by atoms with Crippen molar-refractivity contribution in [2.45, 2.75) is 266 Å². The van der Waals surface area contributed by atoms with E-state index in [2.05, 4.69) is 41.5 Å². The molecule has 0 heterocycles. The molecular weight excluding hydrogens is 685 g/mol. The second-order valence-electron chi connectivity index (χ2n) is 18.2. The number of rotatable bonds is 42. The van der Waals surface area contributed by atoms with E-state index in [0.29, 0.717) is 19.3 Å². The molecule has 0 bridgehead atoms. The molecule has 0 spiro atoms. The SMILES string of the molecule is CC(C)CCCCCCCCCCCCCCC(=O)OC[C@H](COC(=O)CCCCCCCCCCC(C)C)OC(=O)CCCCCCCCCCC(C)C. The number of carbonyl (C=O) groups excluding carboxylic acids is 3. The molecular formula is C49H94O6. The van der Waals surface area contributed by atoms with Gasteiger partial charge < -0.3 is 14.2 Å². The van der Waals surface area contributed by atoms with Gasteiger partial charge in [0.15, 0.2) is 6.10 Å². The largest absolute Gasteiger partial charge is 0.462 e. The molecule has 6 heteroatoms. The summed E-state index contributed by atoms with van der Waals surface area (Å²) in [5.41, 5.74) is 0. The molecule has 6 nitrogen and oxygen atoms in total. The Bertz CT molecular complexity index is 852. The van der Waals surface area contributed by atoms with Crippen LogP contribution in [-0.4, -0.2) is 37.2 Å². The molecule has 0 N–H and O–H groups in total. The minimum Gasteiger partial charge on any atom is -0.462 e. The van der Waals surface area contributed by atoms with E-state index in [4.69, 9.17) is 14.2 Å². The molecule has 0 rings (SSSR count). The average molecular weight is 779 g/mol. The van der Waals surface area contributed by atoms with Gasteiger partial charge in [-0.25, -0.2) is 0 Å². The molecule has 0 radical (unpaired) electrons. The van der Waals surface area contributed by atoms with E-state index in [1.807, 2.05) is 0 Å². The van der Waals surface area contributed by atoms with Crippen LogP contribution in [0.4, 0.5) is 0 Å². The number of carbonyl (C=O) groups is 3. The van der Waals surface area contributed by atoms with Gasteiger partial charge in [-0.05, 0) is 37.0 Å². The highest BCUT2D eigenvalue weighted by atomic mass is 16.6. The van der Waals surface area contributed by atoms with Crippen molar-refractivity contribution in [1.29, 1.82) is 0 Å². The predicted molar refractivity (Wildman–Crippen MR) is 233 cm³/mol. The third kappa shape index (κ3) is 43.4. The van der Waals surface area contributed by atoms with Crippen LogP contribution in [0.1, 0.15) is 260 Å². The standard InChI is InChI=1S/C49H94O6/c1-43(2)35-29-23-17-11-9-7-8-10-12-20-26-32-38-47(50)53-41-46(55-49(52)40-34-28-22-16-14-19-25-31-37-45(5)6)42-54-48(51)39-33-27-21-15-13-18-24-30-36-44(3)4/h43-46H,7-42H2,1-6H3/t46-/m1/s1. The van der Waals surface area contributed by atoms with E-state index >= 15 is 0 Å². The second-order valence-corrected chi connectivity index (χ2v) is 18.2. The molecule has 0 aliphatic rings. The third-order valence-electron chi connectivity index (χ3n) is 10.9. The van der Waals surface area contributed by atoms with E-state index < -0.39 is 6.10 Å². The lowest BCUT2D eigenvalue weighted by molar-refractivity contribution is -0.167. The third-order valence-corrected chi connectivity index (χ3v) is 10.9. The van der Waals surface area contributed by atoms with Crippen molar-refractivity contribution < 1.29 is 28.6 Å². The Balaban J connectivity index is 4.31. The molecule has 0 aromatic rings. The lowest BCUT2D eigenvalue weighted by atomic mass is 10.0. The minimum absolute atomic E-state index is 0.0659. The fourth-order valence-electron chi connectivity index (χ4n) is 7.23. The summed E-state index contributed by atoms with van der Waals surface area (Å²) in [6.07, 6.45) is 38.1. The molecule has 0 aliphatic carbocycles. The van der Waals surface area contributed by atoms with Crippen molar-refractivity contribution in [3.05, 3.63) is 0 Å². The van der Waals surface area contributed by atoms with Gasteiger partial charge in [-0.15, -0.1) is 0 Å². The average Bonchev–Trinajstić information content (AvgIpc) is 3.13. The first-order valence-electron chi connectivity index (χ1n) is 24.1. The quantitative estimate of drug-likeness (QED) is 0.0349. The summed E-state index contributed by atoms with van der Waals surface area (Å²) >= 11 is 0. The summed E-state index contributed by atoms with van der Waals surface area (Å²) in [6, 6.07) is 0. The fourth-order valence-corrected chi connectivity index (χ4v) is 7.23. The molecule has 0 fully saturated rings. The van der Waals surface area contributed by atoms with E-state index in [1.54, 1.807) is 0 Å². The minimum atomic E-state index is -0.762. The lowest BCUT2D eigenvalue weighted by Gasteiger charge is -2.18. The maximum Gasteiger partial charge on any atom is 0.306 e. The molecule has 0 aliphatic heterocycles. The summed E-state index contributed by atoms with van der Waals surface area (Å²) < 4.78 is 16.7. The maximum atomic E-state index is 12.7. The zero-order valence-electron chi connectivity index (χ0n) is 37.7.